The zero-order chi connectivity index (χ0) is 25.6. The van der Waals surface area contributed by atoms with Crippen molar-refractivity contribution in [3.63, 3.8) is 0 Å². The molecule has 0 aliphatic rings. The minimum Gasteiger partial charge on any atom is -0.507 e. The first-order chi connectivity index (χ1) is 17.2. The monoisotopic (exact) mass is 501 g/mol. The Kier molecular flexibility index (Phi) is 5.41. The lowest BCUT2D eigenvalue weighted by Crippen LogP contribution is -2.14. The number of fused-ring (bicyclic) bond motifs is 2. The molecule has 5 N–H and O–H groups in total. The lowest BCUT2D eigenvalue weighted by Gasteiger charge is -2.17. The van der Waals surface area contributed by atoms with Crippen molar-refractivity contribution in [2.45, 2.75) is 4.90 Å². The van der Waals surface area contributed by atoms with E-state index in [1.165, 1.54) is 12.1 Å². The maximum atomic E-state index is 13.2. The van der Waals surface area contributed by atoms with Crippen LogP contribution in [0.15, 0.2) is 89.8 Å². The standard InChI is InChI=1S/C27H19NO7S/c29-23-12-10-16(13-20(23)27(32)33)36(34,35)28-22-14-21(26(31)19-8-4-3-7-18(19)22)25-17-6-2-1-5-15(17)9-11-24(25)30/h1-14,28-31H,(H,32,33). The number of nitrogens with one attached hydrogen (secondary N) is 1. The zero-order valence-electron chi connectivity index (χ0n) is 18.5. The number of hydrogen-bond acceptors (Lipinski definition) is 6. The fourth-order valence-corrected chi connectivity index (χ4v) is 5.33. The van der Waals surface area contributed by atoms with Gasteiger partial charge in [-0.1, -0.05) is 54.6 Å². The molecule has 0 atom stereocenters. The Morgan fingerprint density at radius 2 is 1.36 bits per heavy atom. The number of anilines is 1. The first-order valence-corrected chi connectivity index (χ1v) is 12.2. The highest BCUT2D eigenvalue weighted by Crippen LogP contribution is 2.46. The van der Waals surface area contributed by atoms with Crippen LogP contribution < -0.4 is 4.72 Å². The second-order valence-corrected chi connectivity index (χ2v) is 9.82. The van der Waals surface area contributed by atoms with Gasteiger partial charge in [0.05, 0.1) is 10.6 Å². The molecule has 0 radical (unpaired) electrons. The number of benzene rings is 5. The van der Waals surface area contributed by atoms with Crippen molar-refractivity contribution in [1.29, 1.82) is 0 Å². The first kappa shape index (κ1) is 23.0. The van der Waals surface area contributed by atoms with Crippen LogP contribution in [0, 0.1) is 0 Å². The fourth-order valence-electron chi connectivity index (χ4n) is 4.24. The summed E-state index contributed by atoms with van der Waals surface area (Å²) >= 11 is 0. The van der Waals surface area contributed by atoms with E-state index >= 15 is 0 Å². The average Bonchev–Trinajstić information content (AvgIpc) is 2.86. The van der Waals surface area contributed by atoms with Gasteiger partial charge in [-0.05, 0) is 41.1 Å². The number of carbonyl (C=O) groups is 1. The van der Waals surface area contributed by atoms with Gasteiger partial charge in [0.2, 0.25) is 0 Å². The Balaban J connectivity index is 1.74. The van der Waals surface area contributed by atoms with Crippen LogP contribution in [0.2, 0.25) is 0 Å². The van der Waals surface area contributed by atoms with Crippen LogP contribution in [0.1, 0.15) is 10.4 Å². The number of phenolic OH excluding ortho intramolecular Hbond substituents is 2. The van der Waals surface area contributed by atoms with Gasteiger partial charge in [-0.2, -0.15) is 0 Å². The minimum atomic E-state index is -4.31. The number of hydrogen-bond donors (Lipinski definition) is 5. The molecule has 0 bridgehead atoms. The quantitative estimate of drug-likeness (QED) is 0.206. The topological polar surface area (TPSA) is 144 Å². The summed E-state index contributed by atoms with van der Waals surface area (Å²) in [6.07, 6.45) is 0. The van der Waals surface area contributed by atoms with Gasteiger partial charge < -0.3 is 20.4 Å². The molecule has 0 unspecified atom stereocenters. The summed E-state index contributed by atoms with van der Waals surface area (Å²) in [6.45, 7) is 0. The maximum Gasteiger partial charge on any atom is 0.339 e. The van der Waals surface area contributed by atoms with Gasteiger partial charge in [0.1, 0.15) is 22.8 Å². The van der Waals surface area contributed by atoms with Crippen molar-refractivity contribution in [1.82, 2.24) is 0 Å². The number of carboxylic acids is 1. The van der Waals surface area contributed by atoms with Crippen molar-refractivity contribution < 1.29 is 33.6 Å². The largest absolute Gasteiger partial charge is 0.507 e. The normalized spacial score (nSPS) is 11.6. The Morgan fingerprint density at radius 3 is 2.08 bits per heavy atom. The van der Waals surface area contributed by atoms with E-state index < -0.39 is 27.3 Å². The van der Waals surface area contributed by atoms with Crippen molar-refractivity contribution in [2.24, 2.45) is 0 Å². The van der Waals surface area contributed by atoms with Gasteiger partial charge in [0, 0.05) is 21.9 Å². The van der Waals surface area contributed by atoms with Gasteiger partial charge in [-0.15, -0.1) is 0 Å². The summed E-state index contributed by atoms with van der Waals surface area (Å²) in [5.41, 5.74) is 0.0812. The molecule has 0 aliphatic heterocycles. The lowest BCUT2D eigenvalue weighted by molar-refractivity contribution is 0.0693. The summed E-state index contributed by atoms with van der Waals surface area (Å²) in [5, 5.41) is 43.1. The highest BCUT2D eigenvalue weighted by atomic mass is 32.2. The second-order valence-electron chi connectivity index (χ2n) is 8.14. The van der Waals surface area contributed by atoms with E-state index in [0.29, 0.717) is 21.7 Å². The molecule has 0 saturated carbocycles. The van der Waals surface area contributed by atoms with Crippen molar-refractivity contribution in [3.05, 3.63) is 90.5 Å². The highest BCUT2D eigenvalue weighted by molar-refractivity contribution is 7.92. The molecular formula is C27H19NO7S. The van der Waals surface area contributed by atoms with E-state index in [0.717, 1.165) is 23.6 Å². The number of rotatable bonds is 5. The third-order valence-corrected chi connectivity index (χ3v) is 7.31. The molecule has 0 aromatic heterocycles. The zero-order valence-corrected chi connectivity index (χ0v) is 19.3. The van der Waals surface area contributed by atoms with Gasteiger partial charge in [-0.3, -0.25) is 4.72 Å². The summed E-state index contributed by atoms with van der Waals surface area (Å²) in [7, 11) is -4.31. The van der Waals surface area contributed by atoms with Gasteiger partial charge in [-0.25, -0.2) is 13.2 Å². The molecule has 5 aromatic rings. The Morgan fingerprint density at radius 1 is 0.722 bits per heavy atom. The molecule has 0 spiro atoms. The van der Waals surface area contributed by atoms with Crippen molar-refractivity contribution >= 4 is 43.2 Å². The molecule has 5 aromatic carbocycles. The second kappa shape index (κ2) is 8.47. The van der Waals surface area contributed by atoms with Crippen LogP contribution in [0.25, 0.3) is 32.7 Å². The highest BCUT2D eigenvalue weighted by Gasteiger charge is 2.23. The predicted octanol–water partition coefficient (Wildman–Crippen LogP) is 5.28. The van der Waals surface area contributed by atoms with Crippen molar-refractivity contribution in [3.8, 4) is 28.4 Å². The molecule has 9 heteroatoms. The number of aromatic carboxylic acids is 1. The van der Waals surface area contributed by atoms with Gasteiger partial charge in [0.25, 0.3) is 10.0 Å². The van der Waals surface area contributed by atoms with Gasteiger partial charge >= 0.3 is 5.97 Å². The smallest absolute Gasteiger partial charge is 0.339 e. The summed E-state index contributed by atoms with van der Waals surface area (Å²) < 4.78 is 29.0. The van der Waals surface area contributed by atoms with Crippen LogP contribution in [0.3, 0.4) is 0 Å². The van der Waals surface area contributed by atoms with E-state index in [1.807, 2.05) is 12.1 Å². The molecule has 180 valence electrons. The fraction of sp³-hybridized carbons (Fsp3) is 0. The van der Waals surface area contributed by atoms with Crippen LogP contribution in [-0.2, 0) is 10.0 Å². The van der Waals surface area contributed by atoms with Crippen LogP contribution >= 0.6 is 0 Å². The average molecular weight is 502 g/mol. The summed E-state index contributed by atoms with van der Waals surface area (Å²) in [6, 6.07) is 21.5. The molecule has 0 amide bonds. The molecule has 0 heterocycles. The Bertz CT molecular complexity index is 1800. The molecule has 0 fully saturated rings. The van der Waals surface area contributed by atoms with E-state index in [1.54, 1.807) is 42.5 Å². The summed E-state index contributed by atoms with van der Waals surface area (Å²) in [4.78, 5) is 11.0. The van der Waals surface area contributed by atoms with E-state index in [2.05, 4.69) is 4.72 Å². The molecule has 5 rings (SSSR count). The van der Waals surface area contributed by atoms with E-state index in [4.69, 9.17) is 0 Å². The first-order valence-electron chi connectivity index (χ1n) is 10.7. The van der Waals surface area contributed by atoms with Crippen molar-refractivity contribution in [2.75, 3.05) is 4.72 Å². The Hall–Kier alpha value is -4.76. The number of phenols is 3. The molecular weight excluding hydrogens is 482 g/mol. The third kappa shape index (κ3) is 3.81. The SMILES string of the molecule is O=C(O)c1cc(S(=O)(=O)Nc2cc(-c3c(O)ccc4ccccc34)c(O)c3ccccc23)ccc1O. The van der Waals surface area contributed by atoms with Crippen LogP contribution in [-0.4, -0.2) is 34.8 Å². The van der Waals surface area contributed by atoms with E-state index in [-0.39, 0.29) is 27.6 Å². The number of aromatic hydroxyl groups is 3. The molecule has 8 nitrogen and oxygen atoms in total. The molecule has 0 saturated heterocycles. The third-order valence-electron chi connectivity index (χ3n) is 5.95. The maximum absolute atomic E-state index is 13.2. The molecule has 0 aliphatic carbocycles. The van der Waals surface area contributed by atoms with E-state index in [9.17, 15) is 33.6 Å². The summed E-state index contributed by atoms with van der Waals surface area (Å²) in [5.74, 6) is -2.28. The van der Waals surface area contributed by atoms with Crippen LogP contribution in [0.5, 0.6) is 17.2 Å². The number of sulfonamides is 1. The number of carboxylic acid groups (broad SMARTS) is 1. The molecule has 36 heavy (non-hydrogen) atoms. The predicted molar refractivity (Wildman–Crippen MR) is 136 cm³/mol. The Labute approximate surface area is 205 Å². The van der Waals surface area contributed by atoms with Gasteiger partial charge in [0.15, 0.2) is 0 Å². The van der Waals surface area contributed by atoms with Crippen LogP contribution in [0.4, 0.5) is 5.69 Å². The minimum absolute atomic E-state index is 0.0993. The lowest BCUT2D eigenvalue weighted by atomic mass is 9.93.